The molecule has 0 aliphatic carbocycles. The van der Waals surface area contributed by atoms with Crippen molar-refractivity contribution >= 4 is 0 Å². The predicted molar refractivity (Wildman–Crippen MR) is 65.1 cm³/mol. The molecule has 0 aromatic carbocycles. The van der Waals surface area contributed by atoms with Gasteiger partial charge in [-0.15, -0.1) is 0 Å². The molecule has 0 radical (unpaired) electrons. The first-order valence-corrected chi connectivity index (χ1v) is 6.67. The number of nitrogens with zero attached hydrogens (tertiary/aromatic N) is 1. The predicted octanol–water partition coefficient (Wildman–Crippen LogP) is 2.25. The summed E-state index contributed by atoms with van der Waals surface area (Å²) in [7, 11) is 2.30. The van der Waals surface area contributed by atoms with E-state index >= 15 is 0 Å². The molecule has 0 spiro atoms. The number of hydrogen-bond donors (Lipinski definition) is 1. The van der Waals surface area contributed by atoms with Crippen molar-refractivity contribution in [1.29, 1.82) is 0 Å². The van der Waals surface area contributed by atoms with Crippen LogP contribution in [0.15, 0.2) is 0 Å². The van der Waals surface area contributed by atoms with E-state index in [0.717, 1.165) is 24.0 Å². The maximum absolute atomic E-state index is 3.73. The van der Waals surface area contributed by atoms with Crippen molar-refractivity contribution < 1.29 is 0 Å². The number of hydrogen-bond acceptors (Lipinski definition) is 2. The summed E-state index contributed by atoms with van der Waals surface area (Å²) in [4.78, 5) is 2.57. The average molecular weight is 210 g/mol. The van der Waals surface area contributed by atoms with Gasteiger partial charge < -0.3 is 10.2 Å². The zero-order valence-electron chi connectivity index (χ0n) is 10.5. The number of nitrogens with one attached hydrogen (secondary N) is 1. The second-order valence-electron chi connectivity index (χ2n) is 5.62. The summed E-state index contributed by atoms with van der Waals surface area (Å²) in [5, 5.41) is 3.73. The molecule has 2 aliphatic rings. The van der Waals surface area contributed by atoms with Crippen molar-refractivity contribution in [2.24, 2.45) is 5.92 Å². The van der Waals surface area contributed by atoms with E-state index in [1.807, 2.05) is 0 Å². The lowest BCUT2D eigenvalue weighted by atomic mass is 9.88. The Labute approximate surface area is 94.4 Å². The standard InChI is InChI=1S/C13H26N2/c1-4-5-10(2)15(3)9-11-8-12-6-7-13(11)14-12/h10-14H,4-9H2,1-3H3. The van der Waals surface area contributed by atoms with Crippen LogP contribution in [0.5, 0.6) is 0 Å². The summed E-state index contributed by atoms with van der Waals surface area (Å²) in [5.74, 6) is 0.924. The van der Waals surface area contributed by atoms with E-state index in [0.29, 0.717) is 0 Å². The van der Waals surface area contributed by atoms with Crippen molar-refractivity contribution in [1.82, 2.24) is 10.2 Å². The minimum atomic E-state index is 0.758. The third-order valence-corrected chi connectivity index (χ3v) is 4.41. The van der Waals surface area contributed by atoms with Gasteiger partial charge in [0.15, 0.2) is 0 Å². The van der Waals surface area contributed by atoms with E-state index in [4.69, 9.17) is 0 Å². The molecule has 0 aromatic rings. The monoisotopic (exact) mass is 210 g/mol. The fourth-order valence-electron chi connectivity index (χ4n) is 3.33. The Bertz CT molecular complexity index is 205. The molecule has 2 nitrogen and oxygen atoms in total. The Morgan fingerprint density at radius 1 is 1.40 bits per heavy atom. The summed E-state index contributed by atoms with van der Waals surface area (Å²) in [6, 6.07) is 2.45. The molecule has 2 aliphatic heterocycles. The Morgan fingerprint density at radius 3 is 2.73 bits per heavy atom. The van der Waals surface area contributed by atoms with Gasteiger partial charge in [-0.05, 0) is 45.6 Å². The first-order chi connectivity index (χ1) is 7.20. The molecule has 4 atom stereocenters. The third kappa shape index (κ3) is 2.54. The van der Waals surface area contributed by atoms with Gasteiger partial charge in [0, 0.05) is 24.7 Å². The van der Waals surface area contributed by atoms with Gasteiger partial charge in [-0.25, -0.2) is 0 Å². The van der Waals surface area contributed by atoms with Gasteiger partial charge in [-0.3, -0.25) is 0 Å². The van der Waals surface area contributed by atoms with Gasteiger partial charge >= 0.3 is 0 Å². The number of fused-ring (bicyclic) bond motifs is 2. The molecule has 0 saturated carbocycles. The second kappa shape index (κ2) is 4.84. The van der Waals surface area contributed by atoms with Crippen molar-refractivity contribution in [3.05, 3.63) is 0 Å². The van der Waals surface area contributed by atoms with Crippen LogP contribution in [0.25, 0.3) is 0 Å². The molecular weight excluding hydrogens is 184 g/mol. The van der Waals surface area contributed by atoms with E-state index in [9.17, 15) is 0 Å². The zero-order valence-corrected chi connectivity index (χ0v) is 10.5. The summed E-state index contributed by atoms with van der Waals surface area (Å²) < 4.78 is 0. The van der Waals surface area contributed by atoms with Gasteiger partial charge in [-0.1, -0.05) is 13.3 Å². The van der Waals surface area contributed by atoms with Gasteiger partial charge in [0.25, 0.3) is 0 Å². The molecule has 1 N–H and O–H groups in total. The Morgan fingerprint density at radius 2 is 2.20 bits per heavy atom. The van der Waals surface area contributed by atoms with Crippen molar-refractivity contribution in [2.75, 3.05) is 13.6 Å². The molecule has 0 aromatic heterocycles. The normalized spacial score (nSPS) is 36.4. The van der Waals surface area contributed by atoms with Crippen LogP contribution in [0, 0.1) is 5.92 Å². The Kier molecular flexibility index (Phi) is 3.68. The Hall–Kier alpha value is -0.0800. The highest BCUT2D eigenvalue weighted by atomic mass is 15.1. The van der Waals surface area contributed by atoms with Crippen molar-refractivity contribution in [3.8, 4) is 0 Å². The third-order valence-electron chi connectivity index (χ3n) is 4.41. The van der Waals surface area contributed by atoms with Crippen molar-refractivity contribution in [3.63, 3.8) is 0 Å². The highest BCUT2D eigenvalue weighted by molar-refractivity contribution is 4.98. The van der Waals surface area contributed by atoms with Crippen LogP contribution in [-0.2, 0) is 0 Å². The van der Waals surface area contributed by atoms with E-state index in [2.05, 4.69) is 31.1 Å². The molecule has 2 heteroatoms. The molecule has 2 bridgehead atoms. The van der Waals surface area contributed by atoms with Gasteiger partial charge in [0.1, 0.15) is 0 Å². The molecular formula is C13H26N2. The smallest absolute Gasteiger partial charge is 0.0111 e. The molecule has 2 heterocycles. The lowest BCUT2D eigenvalue weighted by Gasteiger charge is -2.30. The van der Waals surface area contributed by atoms with Gasteiger partial charge in [-0.2, -0.15) is 0 Å². The fourth-order valence-corrected chi connectivity index (χ4v) is 3.33. The lowest BCUT2D eigenvalue weighted by molar-refractivity contribution is 0.192. The molecule has 2 rings (SSSR count). The lowest BCUT2D eigenvalue weighted by Crippen LogP contribution is -2.37. The van der Waals surface area contributed by atoms with E-state index < -0.39 is 0 Å². The molecule has 15 heavy (non-hydrogen) atoms. The molecule has 4 unspecified atom stereocenters. The largest absolute Gasteiger partial charge is 0.311 e. The highest BCUT2D eigenvalue weighted by Crippen LogP contribution is 2.33. The SMILES string of the molecule is CCCC(C)N(C)CC1CC2CCC1N2. The molecule has 2 saturated heterocycles. The second-order valence-corrected chi connectivity index (χ2v) is 5.62. The van der Waals surface area contributed by atoms with Crippen LogP contribution in [0.4, 0.5) is 0 Å². The fraction of sp³-hybridized carbons (Fsp3) is 1.00. The van der Waals surface area contributed by atoms with Crippen LogP contribution in [-0.4, -0.2) is 36.6 Å². The minimum absolute atomic E-state index is 0.758. The van der Waals surface area contributed by atoms with E-state index in [1.54, 1.807) is 0 Å². The quantitative estimate of drug-likeness (QED) is 0.749. The van der Waals surface area contributed by atoms with E-state index in [1.165, 1.54) is 38.6 Å². The minimum Gasteiger partial charge on any atom is -0.311 e. The van der Waals surface area contributed by atoms with Crippen LogP contribution in [0.1, 0.15) is 46.0 Å². The average Bonchev–Trinajstić information content (AvgIpc) is 2.79. The first-order valence-electron chi connectivity index (χ1n) is 6.67. The molecule has 2 fully saturated rings. The van der Waals surface area contributed by atoms with Crippen LogP contribution in [0.2, 0.25) is 0 Å². The molecule has 0 amide bonds. The van der Waals surface area contributed by atoms with E-state index in [-0.39, 0.29) is 0 Å². The highest BCUT2D eigenvalue weighted by Gasteiger charge is 2.39. The first kappa shape index (κ1) is 11.4. The van der Waals surface area contributed by atoms with Crippen LogP contribution in [0.3, 0.4) is 0 Å². The number of rotatable bonds is 5. The summed E-state index contributed by atoms with van der Waals surface area (Å²) >= 11 is 0. The zero-order chi connectivity index (χ0) is 10.8. The van der Waals surface area contributed by atoms with Gasteiger partial charge in [0.05, 0.1) is 0 Å². The summed E-state index contributed by atoms with van der Waals surface area (Å²) in [6.45, 7) is 5.95. The van der Waals surface area contributed by atoms with Crippen LogP contribution < -0.4 is 5.32 Å². The van der Waals surface area contributed by atoms with Crippen molar-refractivity contribution in [2.45, 2.75) is 64.1 Å². The molecule has 88 valence electrons. The Balaban J connectivity index is 1.77. The topological polar surface area (TPSA) is 15.3 Å². The maximum atomic E-state index is 3.73. The summed E-state index contributed by atoms with van der Waals surface area (Å²) in [6.07, 6.45) is 6.92. The summed E-state index contributed by atoms with van der Waals surface area (Å²) in [5.41, 5.74) is 0. The maximum Gasteiger partial charge on any atom is 0.0111 e. The van der Waals surface area contributed by atoms with Gasteiger partial charge in [0.2, 0.25) is 0 Å². The van der Waals surface area contributed by atoms with Crippen LogP contribution >= 0.6 is 0 Å².